The number of nitrogens with one attached hydrogen (secondary N) is 1. The summed E-state index contributed by atoms with van der Waals surface area (Å²) < 4.78 is 1.73. The quantitative estimate of drug-likeness (QED) is 0.889. The fourth-order valence-corrected chi connectivity index (χ4v) is 4.19. The smallest absolute Gasteiger partial charge is 0.253 e. The lowest BCUT2D eigenvalue weighted by Crippen LogP contribution is -2.38. The Morgan fingerprint density at radius 1 is 1.25 bits per heavy atom. The van der Waals surface area contributed by atoms with Crippen molar-refractivity contribution in [3.05, 3.63) is 47.4 Å². The van der Waals surface area contributed by atoms with Gasteiger partial charge in [-0.25, -0.2) is 9.67 Å². The maximum atomic E-state index is 11.7. The molecule has 2 atom stereocenters. The summed E-state index contributed by atoms with van der Waals surface area (Å²) >= 11 is 0. The molecule has 1 N–H and O–H groups in total. The molecule has 7 heteroatoms. The summed E-state index contributed by atoms with van der Waals surface area (Å²) in [6.07, 6.45) is 7.66. The minimum Gasteiger partial charge on any atom is -0.311 e. The molecule has 0 bridgehead atoms. The van der Waals surface area contributed by atoms with Crippen LogP contribution in [0.1, 0.15) is 30.4 Å². The van der Waals surface area contributed by atoms with Crippen molar-refractivity contribution in [3.8, 4) is 5.95 Å². The topological polar surface area (TPSA) is 75.9 Å². The largest absolute Gasteiger partial charge is 0.311 e. The van der Waals surface area contributed by atoms with Crippen LogP contribution in [-0.2, 0) is 4.79 Å². The number of fused-ring (bicyclic) bond motifs is 1. The molecule has 4 rings (SSSR count). The van der Waals surface area contributed by atoms with Gasteiger partial charge in [-0.15, -0.1) is 0 Å². The normalized spacial score (nSPS) is 21.9. The standard InChI is InChI=1S/C21H26N6O/c1-13-10-14(2)27(25-13)21-23-19(11-20(24-21)22-15(3)28)18-7-5-6-16-12-26(4)9-8-17(16)18/h5-7,10-11,16-17H,8-9,12H2,1-4H3,(H,22,23,24,28). The highest BCUT2D eigenvalue weighted by Gasteiger charge is 2.31. The lowest BCUT2D eigenvalue weighted by Gasteiger charge is -2.38. The lowest BCUT2D eigenvalue weighted by atomic mass is 9.76. The number of rotatable bonds is 3. The second-order valence-corrected chi connectivity index (χ2v) is 7.79. The van der Waals surface area contributed by atoms with Crippen molar-refractivity contribution < 1.29 is 4.79 Å². The molecule has 28 heavy (non-hydrogen) atoms. The van der Waals surface area contributed by atoms with Gasteiger partial charge in [-0.2, -0.15) is 10.1 Å². The van der Waals surface area contributed by atoms with Crippen LogP contribution in [0.5, 0.6) is 0 Å². The molecule has 1 saturated heterocycles. The average Bonchev–Trinajstić information content (AvgIpc) is 2.98. The van der Waals surface area contributed by atoms with Gasteiger partial charge in [-0.1, -0.05) is 18.2 Å². The molecule has 1 fully saturated rings. The molecule has 7 nitrogen and oxygen atoms in total. The van der Waals surface area contributed by atoms with Crippen molar-refractivity contribution in [1.82, 2.24) is 24.6 Å². The van der Waals surface area contributed by atoms with Crippen LogP contribution in [0.2, 0.25) is 0 Å². The van der Waals surface area contributed by atoms with E-state index in [0.29, 0.717) is 23.6 Å². The molecule has 2 unspecified atom stereocenters. The van der Waals surface area contributed by atoms with E-state index in [1.807, 2.05) is 26.0 Å². The van der Waals surface area contributed by atoms with Crippen LogP contribution in [0.3, 0.4) is 0 Å². The van der Waals surface area contributed by atoms with Gasteiger partial charge in [0, 0.05) is 25.2 Å². The molecule has 0 aromatic carbocycles. The number of aryl methyl sites for hydroxylation is 2. The lowest BCUT2D eigenvalue weighted by molar-refractivity contribution is -0.114. The second-order valence-electron chi connectivity index (χ2n) is 7.79. The zero-order valence-corrected chi connectivity index (χ0v) is 16.8. The maximum Gasteiger partial charge on any atom is 0.253 e. The first-order valence-corrected chi connectivity index (χ1v) is 9.68. The molecule has 2 aromatic rings. The van der Waals surface area contributed by atoms with Crippen LogP contribution < -0.4 is 5.32 Å². The Bertz CT molecular complexity index is 973. The van der Waals surface area contributed by atoms with E-state index in [-0.39, 0.29) is 5.91 Å². The van der Waals surface area contributed by atoms with Crippen LogP contribution in [0.25, 0.3) is 11.5 Å². The second kappa shape index (κ2) is 7.31. The average molecular weight is 378 g/mol. The Kier molecular flexibility index (Phi) is 4.85. The van der Waals surface area contributed by atoms with E-state index in [2.05, 4.69) is 45.6 Å². The molecule has 0 saturated carbocycles. The fourth-order valence-electron chi connectivity index (χ4n) is 4.19. The van der Waals surface area contributed by atoms with Gasteiger partial charge in [0.2, 0.25) is 5.91 Å². The SMILES string of the molecule is CC(=O)Nc1cc(C2=CC=CC3CN(C)CCC23)nc(-n2nc(C)cc2C)n1. The van der Waals surface area contributed by atoms with Crippen molar-refractivity contribution in [3.63, 3.8) is 0 Å². The van der Waals surface area contributed by atoms with Crippen molar-refractivity contribution in [1.29, 1.82) is 0 Å². The summed E-state index contributed by atoms with van der Waals surface area (Å²) in [5.74, 6) is 1.73. The van der Waals surface area contributed by atoms with Gasteiger partial charge in [0.05, 0.1) is 11.4 Å². The van der Waals surface area contributed by atoms with Gasteiger partial charge in [-0.3, -0.25) is 4.79 Å². The number of allylic oxidation sites excluding steroid dienone is 3. The highest BCUT2D eigenvalue weighted by atomic mass is 16.1. The van der Waals surface area contributed by atoms with E-state index in [1.54, 1.807) is 4.68 Å². The Morgan fingerprint density at radius 2 is 2.07 bits per heavy atom. The molecular weight excluding hydrogens is 352 g/mol. The zero-order valence-electron chi connectivity index (χ0n) is 16.8. The Hall–Kier alpha value is -2.80. The molecule has 146 valence electrons. The summed E-state index contributed by atoms with van der Waals surface area (Å²) in [5, 5.41) is 7.33. The Balaban J connectivity index is 1.79. The number of hydrogen-bond acceptors (Lipinski definition) is 5. The van der Waals surface area contributed by atoms with Crippen LogP contribution in [0.4, 0.5) is 5.82 Å². The molecule has 1 aliphatic carbocycles. The number of piperidine rings is 1. The fraction of sp³-hybridized carbons (Fsp3) is 0.429. The first-order chi connectivity index (χ1) is 13.4. The van der Waals surface area contributed by atoms with E-state index in [9.17, 15) is 4.79 Å². The third-order valence-electron chi connectivity index (χ3n) is 5.41. The number of likely N-dealkylation sites (tertiary alicyclic amines) is 1. The molecule has 1 amide bonds. The highest BCUT2D eigenvalue weighted by molar-refractivity contribution is 5.88. The minimum atomic E-state index is -0.154. The third kappa shape index (κ3) is 3.62. The zero-order chi connectivity index (χ0) is 19.8. The predicted octanol–water partition coefficient (Wildman–Crippen LogP) is 2.76. The van der Waals surface area contributed by atoms with Gasteiger partial charge in [0.1, 0.15) is 5.82 Å². The number of nitrogens with zero attached hydrogens (tertiary/aromatic N) is 5. The molecule has 1 aliphatic heterocycles. The first-order valence-electron chi connectivity index (χ1n) is 9.68. The minimum absolute atomic E-state index is 0.154. The van der Waals surface area contributed by atoms with Crippen LogP contribution in [0, 0.1) is 25.7 Å². The van der Waals surface area contributed by atoms with Crippen molar-refractivity contribution in [2.24, 2.45) is 11.8 Å². The summed E-state index contributed by atoms with van der Waals surface area (Å²) in [5.41, 5.74) is 3.92. The van der Waals surface area contributed by atoms with E-state index in [4.69, 9.17) is 4.98 Å². The van der Waals surface area contributed by atoms with Crippen molar-refractivity contribution >= 4 is 17.3 Å². The first kappa shape index (κ1) is 18.6. The highest BCUT2D eigenvalue weighted by Crippen LogP contribution is 2.38. The number of carbonyl (C=O) groups excluding carboxylic acids is 1. The van der Waals surface area contributed by atoms with Crippen molar-refractivity contribution in [2.75, 3.05) is 25.5 Å². The molecule has 2 aliphatic rings. The number of carbonyl (C=O) groups is 1. The van der Waals surface area contributed by atoms with Gasteiger partial charge >= 0.3 is 0 Å². The molecule has 0 spiro atoms. The van der Waals surface area contributed by atoms with Gasteiger partial charge < -0.3 is 10.2 Å². The summed E-state index contributed by atoms with van der Waals surface area (Å²) in [7, 11) is 2.17. The van der Waals surface area contributed by atoms with E-state index in [1.165, 1.54) is 12.5 Å². The Morgan fingerprint density at radius 3 is 2.79 bits per heavy atom. The van der Waals surface area contributed by atoms with Crippen LogP contribution in [-0.4, -0.2) is 50.7 Å². The Labute approximate surface area is 165 Å². The molecule has 3 heterocycles. The number of hydrogen-bond donors (Lipinski definition) is 1. The third-order valence-corrected chi connectivity index (χ3v) is 5.41. The summed E-state index contributed by atoms with van der Waals surface area (Å²) in [4.78, 5) is 23.4. The van der Waals surface area contributed by atoms with Crippen LogP contribution in [0.15, 0.2) is 30.4 Å². The van der Waals surface area contributed by atoms with Crippen molar-refractivity contribution in [2.45, 2.75) is 27.2 Å². The van der Waals surface area contributed by atoms with Crippen LogP contribution >= 0.6 is 0 Å². The number of aromatic nitrogens is 4. The number of amides is 1. The van der Waals surface area contributed by atoms with E-state index in [0.717, 1.165) is 36.6 Å². The number of anilines is 1. The van der Waals surface area contributed by atoms with E-state index >= 15 is 0 Å². The monoisotopic (exact) mass is 378 g/mol. The van der Waals surface area contributed by atoms with Gasteiger partial charge in [-0.05, 0) is 57.3 Å². The maximum absolute atomic E-state index is 11.7. The van der Waals surface area contributed by atoms with Gasteiger partial charge in [0.25, 0.3) is 5.95 Å². The summed E-state index contributed by atoms with van der Waals surface area (Å²) in [6, 6.07) is 3.86. The summed E-state index contributed by atoms with van der Waals surface area (Å²) in [6.45, 7) is 7.52. The molecule has 0 radical (unpaired) electrons. The van der Waals surface area contributed by atoms with Gasteiger partial charge in [0.15, 0.2) is 0 Å². The molecular formula is C21H26N6O. The van der Waals surface area contributed by atoms with E-state index < -0.39 is 0 Å². The molecule has 2 aromatic heterocycles. The predicted molar refractivity (Wildman–Crippen MR) is 109 cm³/mol.